The molecule has 0 saturated heterocycles. The predicted molar refractivity (Wildman–Crippen MR) is 70.3 cm³/mol. The fourth-order valence-electron chi connectivity index (χ4n) is 2.15. The molecule has 4 heteroatoms. The number of nitrogens with one attached hydrogen (secondary N) is 1. The van der Waals surface area contributed by atoms with E-state index in [0.717, 1.165) is 23.4 Å². The Bertz CT molecular complexity index is 501. The Balaban J connectivity index is 2.23. The van der Waals surface area contributed by atoms with E-state index < -0.39 is 0 Å². The maximum atomic E-state index is 4.40. The molecule has 0 spiro atoms. The Morgan fingerprint density at radius 2 is 2.12 bits per heavy atom. The number of aromatic nitrogens is 3. The van der Waals surface area contributed by atoms with E-state index in [1.807, 2.05) is 17.6 Å². The number of hydrogen-bond donors (Lipinski definition) is 1. The van der Waals surface area contributed by atoms with Gasteiger partial charge in [0, 0.05) is 18.4 Å². The molecule has 0 aliphatic rings. The average molecular weight is 232 g/mol. The molecule has 0 amide bonds. The zero-order valence-corrected chi connectivity index (χ0v) is 10.9. The summed E-state index contributed by atoms with van der Waals surface area (Å²) in [6.07, 6.45) is 4.79. The summed E-state index contributed by atoms with van der Waals surface area (Å²) in [5.74, 6) is 1.60. The van der Waals surface area contributed by atoms with Gasteiger partial charge in [-0.3, -0.25) is 0 Å². The lowest BCUT2D eigenvalue weighted by molar-refractivity contribution is 0.539. The van der Waals surface area contributed by atoms with Crippen molar-refractivity contribution in [1.82, 2.24) is 14.6 Å². The second-order valence-electron chi connectivity index (χ2n) is 5.07. The lowest BCUT2D eigenvalue weighted by atomic mass is 10.1. The Kier molecular flexibility index (Phi) is 3.31. The molecule has 4 nitrogen and oxygen atoms in total. The van der Waals surface area contributed by atoms with Crippen LogP contribution < -0.4 is 5.32 Å². The van der Waals surface area contributed by atoms with Gasteiger partial charge in [0.1, 0.15) is 5.52 Å². The molecule has 2 heterocycles. The van der Waals surface area contributed by atoms with Crippen molar-refractivity contribution in [2.24, 2.45) is 5.92 Å². The Hall–Kier alpha value is -1.58. The normalized spacial score (nSPS) is 13.2. The fourth-order valence-corrected chi connectivity index (χ4v) is 2.15. The molecule has 0 bridgehead atoms. The van der Waals surface area contributed by atoms with Crippen molar-refractivity contribution in [1.29, 1.82) is 0 Å². The molecule has 1 N–H and O–H groups in total. The number of fused-ring (bicyclic) bond motifs is 1. The van der Waals surface area contributed by atoms with Crippen LogP contribution in [0.1, 0.15) is 32.9 Å². The lowest BCUT2D eigenvalue weighted by Gasteiger charge is -2.16. The van der Waals surface area contributed by atoms with Gasteiger partial charge in [-0.1, -0.05) is 13.8 Å². The number of aryl methyl sites for hydroxylation is 1. The van der Waals surface area contributed by atoms with Crippen LogP contribution in [-0.4, -0.2) is 20.6 Å². The Morgan fingerprint density at radius 3 is 2.82 bits per heavy atom. The topological polar surface area (TPSA) is 42.2 Å². The third kappa shape index (κ3) is 2.75. The van der Waals surface area contributed by atoms with Crippen LogP contribution in [0.15, 0.2) is 18.5 Å². The van der Waals surface area contributed by atoms with Crippen molar-refractivity contribution in [3.05, 3.63) is 24.2 Å². The van der Waals surface area contributed by atoms with Gasteiger partial charge in [0.05, 0.1) is 5.69 Å². The maximum Gasteiger partial charge on any atom is 0.152 e. The summed E-state index contributed by atoms with van der Waals surface area (Å²) in [6, 6.07) is 2.47. The van der Waals surface area contributed by atoms with Gasteiger partial charge >= 0.3 is 0 Å². The third-order valence-electron chi connectivity index (χ3n) is 2.72. The first-order valence-corrected chi connectivity index (χ1v) is 6.14. The number of anilines is 1. The molecular formula is C13H20N4. The molecule has 17 heavy (non-hydrogen) atoms. The summed E-state index contributed by atoms with van der Waals surface area (Å²) in [6.45, 7) is 8.65. The molecule has 1 unspecified atom stereocenters. The minimum Gasteiger partial charge on any atom is -0.366 e. The van der Waals surface area contributed by atoms with Crippen LogP contribution >= 0.6 is 0 Å². The minimum absolute atomic E-state index is 0.420. The van der Waals surface area contributed by atoms with Gasteiger partial charge in [0.25, 0.3) is 0 Å². The molecule has 2 aromatic rings. The first kappa shape index (κ1) is 11.9. The monoisotopic (exact) mass is 232 g/mol. The zero-order chi connectivity index (χ0) is 12.4. The third-order valence-corrected chi connectivity index (χ3v) is 2.72. The summed E-state index contributed by atoms with van der Waals surface area (Å²) in [7, 11) is 0. The van der Waals surface area contributed by atoms with Crippen LogP contribution in [-0.2, 0) is 0 Å². The molecule has 0 aliphatic heterocycles. The summed E-state index contributed by atoms with van der Waals surface area (Å²) in [5, 5.41) is 7.84. The van der Waals surface area contributed by atoms with E-state index in [2.05, 4.69) is 42.2 Å². The first-order valence-electron chi connectivity index (χ1n) is 6.14. The number of nitrogens with zero attached hydrogens (tertiary/aromatic N) is 3. The number of hydrogen-bond acceptors (Lipinski definition) is 3. The quantitative estimate of drug-likeness (QED) is 0.881. The highest BCUT2D eigenvalue weighted by atomic mass is 15.2. The molecule has 0 aliphatic carbocycles. The maximum absolute atomic E-state index is 4.40. The molecule has 2 aromatic heterocycles. The Labute approximate surface area is 102 Å². The van der Waals surface area contributed by atoms with E-state index in [-0.39, 0.29) is 0 Å². The molecule has 2 rings (SSSR count). The van der Waals surface area contributed by atoms with Gasteiger partial charge in [-0.25, -0.2) is 9.50 Å². The Morgan fingerprint density at radius 1 is 1.35 bits per heavy atom. The summed E-state index contributed by atoms with van der Waals surface area (Å²) in [5.41, 5.74) is 2.05. The highest BCUT2D eigenvalue weighted by Gasteiger charge is 2.09. The molecule has 0 saturated carbocycles. The van der Waals surface area contributed by atoms with Crippen LogP contribution in [0.4, 0.5) is 5.82 Å². The van der Waals surface area contributed by atoms with E-state index in [9.17, 15) is 0 Å². The minimum atomic E-state index is 0.420. The van der Waals surface area contributed by atoms with Gasteiger partial charge in [0.15, 0.2) is 5.82 Å². The summed E-state index contributed by atoms with van der Waals surface area (Å²) >= 11 is 0. The van der Waals surface area contributed by atoms with E-state index in [4.69, 9.17) is 0 Å². The predicted octanol–water partition coefficient (Wildman–Crippen LogP) is 2.88. The van der Waals surface area contributed by atoms with Gasteiger partial charge < -0.3 is 5.32 Å². The highest BCUT2D eigenvalue weighted by Crippen LogP contribution is 2.17. The second kappa shape index (κ2) is 4.73. The van der Waals surface area contributed by atoms with Gasteiger partial charge in [-0.2, -0.15) is 5.10 Å². The van der Waals surface area contributed by atoms with Crippen LogP contribution in [0, 0.1) is 12.8 Å². The molecule has 0 fully saturated rings. The molecule has 92 valence electrons. The van der Waals surface area contributed by atoms with E-state index >= 15 is 0 Å². The molecule has 0 aromatic carbocycles. The summed E-state index contributed by atoms with van der Waals surface area (Å²) < 4.78 is 1.87. The van der Waals surface area contributed by atoms with Crippen LogP contribution in [0.25, 0.3) is 5.52 Å². The van der Waals surface area contributed by atoms with Crippen LogP contribution in [0.2, 0.25) is 0 Å². The molecular weight excluding hydrogens is 212 g/mol. The van der Waals surface area contributed by atoms with Gasteiger partial charge in [0.2, 0.25) is 0 Å². The van der Waals surface area contributed by atoms with E-state index in [1.165, 1.54) is 0 Å². The second-order valence-corrected chi connectivity index (χ2v) is 5.07. The smallest absolute Gasteiger partial charge is 0.152 e. The van der Waals surface area contributed by atoms with E-state index in [0.29, 0.717) is 12.0 Å². The van der Waals surface area contributed by atoms with Gasteiger partial charge in [-0.15, -0.1) is 0 Å². The van der Waals surface area contributed by atoms with Crippen molar-refractivity contribution >= 4 is 11.3 Å². The highest BCUT2D eigenvalue weighted by molar-refractivity contribution is 5.67. The van der Waals surface area contributed by atoms with Crippen molar-refractivity contribution in [2.75, 3.05) is 5.32 Å². The standard InChI is InChI=1S/C13H20N4/c1-9(2)7-10(3)15-13-12-8-11(4)16-17(12)6-5-14-13/h5-6,8-10H,7H2,1-4H3,(H,14,15). The molecule has 0 radical (unpaired) electrons. The van der Waals surface area contributed by atoms with Crippen LogP contribution in [0.3, 0.4) is 0 Å². The molecule has 1 atom stereocenters. The SMILES string of the molecule is Cc1cc2c(NC(C)CC(C)C)nccn2n1. The number of rotatable bonds is 4. The fraction of sp³-hybridized carbons (Fsp3) is 0.538. The van der Waals surface area contributed by atoms with Crippen LogP contribution in [0.5, 0.6) is 0 Å². The average Bonchev–Trinajstić information content (AvgIpc) is 2.58. The van der Waals surface area contributed by atoms with Crippen molar-refractivity contribution < 1.29 is 0 Å². The van der Waals surface area contributed by atoms with Crippen molar-refractivity contribution in [3.8, 4) is 0 Å². The van der Waals surface area contributed by atoms with E-state index in [1.54, 1.807) is 6.20 Å². The largest absolute Gasteiger partial charge is 0.366 e. The lowest BCUT2D eigenvalue weighted by Crippen LogP contribution is -2.18. The first-order chi connectivity index (χ1) is 8.06. The summed E-state index contributed by atoms with van der Waals surface area (Å²) in [4.78, 5) is 4.40. The zero-order valence-electron chi connectivity index (χ0n) is 10.9. The van der Waals surface area contributed by atoms with Crippen molar-refractivity contribution in [2.45, 2.75) is 40.2 Å². The van der Waals surface area contributed by atoms with Crippen molar-refractivity contribution in [3.63, 3.8) is 0 Å². The van der Waals surface area contributed by atoms with Gasteiger partial charge in [-0.05, 0) is 32.3 Å².